The van der Waals surface area contributed by atoms with Crippen LogP contribution in [-0.2, 0) is 32.4 Å². The zero-order chi connectivity index (χ0) is 29.3. The summed E-state index contributed by atoms with van der Waals surface area (Å²) in [6.07, 6.45) is -2.13. The molecule has 4 N–H and O–H groups in total. The Morgan fingerprint density at radius 1 is 1.40 bits per heavy atom. The van der Waals surface area contributed by atoms with E-state index in [1.165, 1.54) is 24.9 Å². The Bertz CT molecular complexity index is 1310. The maximum Gasteiger partial charge on any atom is 0.475 e. The third kappa shape index (κ3) is 6.20. The van der Waals surface area contributed by atoms with Crippen molar-refractivity contribution in [2.24, 2.45) is 5.41 Å². The highest BCUT2D eigenvalue weighted by Crippen LogP contribution is 2.58. The van der Waals surface area contributed by atoms with Gasteiger partial charge in [-0.05, 0) is 13.8 Å². The van der Waals surface area contributed by atoms with Gasteiger partial charge in [0.15, 0.2) is 22.5 Å². The number of alkyl carbamates (subject to hydrolysis) is 1. The molecule has 2 aromatic rings. The van der Waals surface area contributed by atoms with Crippen LogP contribution in [0.2, 0.25) is 0 Å². The Labute approximate surface area is 234 Å². The molecule has 2 aliphatic rings. The highest BCUT2D eigenvalue weighted by molar-refractivity contribution is 8.13. The maximum atomic E-state index is 13.2. The smallest absolute Gasteiger partial charge is 0.475 e. The highest BCUT2D eigenvalue weighted by Gasteiger charge is 2.60. The van der Waals surface area contributed by atoms with Gasteiger partial charge in [-0.25, -0.2) is 14.3 Å². The number of thioether (sulfide) groups is 1. The number of carbonyl (C=O) groups excluding carboxylic acids is 2. The molecule has 2 fully saturated rings. The summed E-state index contributed by atoms with van der Waals surface area (Å²) in [6.45, 7) is 6.50. The number of nitrogens with zero attached hydrogens (tertiary/aromatic N) is 4. The van der Waals surface area contributed by atoms with E-state index in [0.717, 1.165) is 11.8 Å². The van der Waals surface area contributed by atoms with Crippen LogP contribution in [0.15, 0.2) is 6.33 Å². The normalized spacial score (nSPS) is 28.3. The van der Waals surface area contributed by atoms with Gasteiger partial charge in [-0.3, -0.25) is 22.9 Å². The second kappa shape index (κ2) is 11.8. The number of aromatic nitrogens is 4. The summed E-state index contributed by atoms with van der Waals surface area (Å²) in [5.74, 6) is 0.240. The molecule has 16 nitrogen and oxygen atoms in total. The first-order chi connectivity index (χ1) is 18.8. The van der Waals surface area contributed by atoms with Gasteiger partial charge in [-0.15, -0.1) is 0 Å². The average Bonchev–Trinajstić information content (AvgIpc) is 3.42. The summed E-state index contributed by atoms with van der Waals surface area (Å²) < 4.78 is 47.1. The summed E-state index contributed by atoms with van der Waals surface area (Å²) in [5.41, 5.74) is 3.78. The van der Waals surface area contributed by atoms with E-state index in [0.29, 0.717) is 5.52 Å². The number of phosphoric ester groups is 1. The van der Waals surface area contributed by atoms with Crippen molar-refractivity contribution >= 4 is 47.9 Å². The minimum atomic E-state index is -4.10. The first kappa shape index (κ1) is 30.4. The molecule has 18 heteroatoms. The van der Waals surface area contributed by atoms with Crippen LogP contribution in [0.1, 0.15) is 33.9 Å². The number of nitrogens with two attached hydrogens (primary N) is 1. The van der Waals surface area contributed by atoms with Crippen molar-refractivity contribution in [3.05, 3.63) is 6.33 Å². The molecule has 5 atom stereocenters. The van der Waals surface area contributed by atoms with E-state index < -0.39 is 43.4 Å². The predicted octanol–water partition coefficient (Wildman–Crippen LogP) is 1.64. The second-order valence-corrected chi connectivity index (χ2v) is 12.6. The average molecular weight is 605 g/mol. The zero-order valence-corrected chi connectivity index (χ0v) is 24.4. The summed E-state index contributed by atoms with van der Waals surface area (Å²) in [4.78, 5) is 36.6. The highest BCUT2D eigenvalue weighted by atomic mass is 32.2. The lowest BCUT2D eigenvalue weighted by Gasteiger charge is -2.35. The molecule has 0 radical (unpaired) electrons. The molecule has 222 valence electrons. The number of ether oxygens (including phenoxy) is 3. The van der Waals surface area contributed by atoms with Crippen molar-refractivity contribution in [1.29, 1.82) is 0 Å². The lowest BCUT2D eigenvalue weighted by Crippen LogP contribution is -2.47. The molecule has 40 heavy (non-hydrogen) atoms. The van der Waals surface area contributed by atoms with Crippen molar-refractivity contribution in [2.45, 2.75) is 51.7 Å². The van der Waals surface area contributed by atoms with Gasteiger partial charge in [0.2, 0.25) is 11.8 Å². The number of hydrogen-bond acceptors (Lipinski definition) is 15. The second-order valence-electron chi connectivity index (χ2n) is 9.86. The summed E-state index contributed by atoms with van der Waals surface area (Å²) in [7, 11) is -2.68. The molecular weight excluding hydrogens is 571 g/mol. The number of carbonyl (C=O) groups is 2. The van der Waals surface area contributed by atoms with Gasteiger partial charge < -0.3 is 30.4 Å². The molecule has 0 saturated carbocycles. The first-order valence-electron chi connectivity index (χ1n) is 12.4. The van der Waals surface area contributed by atoms with E-state index in [2.05, 4.69) is 20.3 Å². The summed E-state index contributed by atoms with van der Waals surface area (Å²) in [6, 6.07) is 0. The minimum absolute atomic E-state index is 0.0614. The summed E-state index contributed by atoms with van der Waals surface area (Å²) in [5, 5.41) is 13.8. The van der Waals surface area contributed by atoms with Gasteiger partial charge in [-0.1, -0.05) is 25.6 Å². The quantitative estimate of drug-likeness (QED) is 0.260. The van der Waals surface area contributed by atoms with Gasteiger partial charge in [0.05, 0.1) is 38.7 Å². The van der Waals surface area contributed by atoms with Crippen molar-refractivity contribution in [2.75, 3.05) is 45.0 Å². The van der Waals surface area contributed by atoms with Crippen molar-refractivity contribution in [3.63, 3.8) is 0 Å². The van der Waals surface area contributed by atoms with Crippen LogP contribution in [0, 0.1) is 5.41 Å². The molecular formula is C22H33N6O10PS. The summed E-state index contributed by atoms with van der Waals surface area (Å²) >= 11 is 0.954. The lowest BCUT2D eigenvalue weighted by molar-refractivity contribution is -0.117. The Kier molecular flexibility index (Phi) is 8.94. The van der Waals surface area contributed by atoms with Gasteiger partial charge in [0.1, 0.15) is 17.8 Å². The van der Waals surface area contributed by atoms with E-state index >= 15 is 0 Å². The molecule has 0 spiro atoms. The number of rotatable bonds is 10. The number of methoxy groups -OCH3 is 1. The van der Waals surface area contributed by atoms with E-state index in [4.69, 9.17) is 33.5 Å². The standard InChI is InChI=1S/C22H33N6O10PS/c1-6-34-20(30)24-10-21(2,3)18(29)40-8-7-35-39(32)36-9-12-14(38-39)22(4,31)17(37-12)28-11-25-13-15(28)26-19(23)27-16(13)33-5/h11-12,14,17,31H,6-10H2,1-5H3,(H,24,30)(H2,23,26,27)/t12-,14-,17-,22-,39?/m1/s1. The maximum absolute atomic E-state index is 13.2. The predicted molar refractivity (Wildman–Crippen MR) is 141 cm³/mol. The minimum Gasteiger partial charge on any atom is -0.479 e. The number of nitrogens with one attached hydrogen (secondary N) is 1. The molecule has 0 aliphatic carbocycles. The number of fused-ring (bicyclic) bond motifs is 2. The van der Waals surface area contributed by atoms with E-state index in [1.807, 2.05) is 0 Å². The Hall–Kier alpha value is -2.53. The number of imidazole rings is 1. The van der Waals surface area contributed by atoms with Crippen LogP contribution in [-0.4, -0.2) is 92.9 Å². The fourth-order valence-electron chi connectivity index (χ4n) is 4.19. The van der Waals surface area contributed by atoms with Crippen LogP contribution in [0.5, 0.6) is 5.88 Å². The first-order valence-corrected chi connectivity index (χ1v) is 14.8. The number of nitrogen functional groups attached to an aromatic ring is 1. The molecule has 4 rings (SSSR count). The Morgan fingerprint density at radius 2 is 2.15 bits per heavy atom. The van der Waals surface area contributed by atoms with Gasteiger partial charge in [-0.2, -0.15) is 9.97 Å². The number of phosphoric acid groups is 1. The van der Waals surface area contributed by atoms with Gasteiger partial charge in [0, 0.05) is 12.3 Å². The molecule has 0 bridgehead atoms. The molecule has 2 saturated heterocycles. The van der Waals surface area contributed by atoms with Crippen LogP contribution in [0.25, 0.3) is 11.2 Å². The molecule has 1 unspecified atom stereocenters. The SMILES string of the molecule is CCOC(=O)NCC(C)(C)C(=O)SCCOP1(=O)OC[C@H]2O[C@@H](n3cnc4c(OC)nc(N)nc43)[C@](C)(O)[C@@H]2O1. The van der Waals surface area contributed by atoms with Crippen LogP contribution in [0.3, 0.4) is 0 Å². The van der Waals surface area contributed by atoms with Gasteiger partial charge in [0.25, 0.3) is 0 Å². The molecule has 2 aliphatic heterocycles. The third-order valence-corrected chi connectivity index (χ3v) is 8.91. The topological polar surface area (TPSA) is 208 Å². The van der Waals surface area contributed by atoms with E-state index in [1.54, 1.807) is 20.8 Å². The lowest BCUT2D eigenvalue weighted by atomic mass is 9.96. The van der Waals surface area contributed by atoms with Crippen molar-refractivity contribution in [3.8, 4) is 5.88 Å². The molecule has 4 heterocycles. The van der Waals surface area contributed by atoms with E-state index in [-0.39, 0.29) is 54.7 Å². The molecule has 0 aromatic carbocycles. The van der Waals surface area contributed by atoms with Gasteiger partial charge >= 0.3 is 13.9 Å². The fourth-order valence-corrected chi connectivity index (χ4v) is 6.60. The largest absolute Gasteiger partial charge is 0.479 e. The van der Waals surface area contributed by atoms with Crippen LogP contribution in [0.4, 0.5) is 10.7 Å². The van der Waals surface area contributed by atoms with Crippen LogP contribution < -0.4 is 15.8 Å². The number of aliphatic hydroxyl groups is 1. The van der Waals surface area contributed by atoms with Crippen molar-refractivity contribution < 1.29 is 47.0 Å². The number of hydrogen-bond donors (Lipinski definition) is 3. The Morgan fingerprint density at radius 3 is 2.85 bits per heavy atom. The molecule has 2 aromatic heterocycles. The Balaban J connectivity index is 1.35. The third-order valence-electron chi connectivity index (χ3n) is 6.28. The zero-order valence-electron chi connectivity index (χ0n) is 22.7. The van der Waals surface area contributed by atoms with Crippen molar-refractivity contribution in [1.82, 2.24) is 24.8 Å². The fraction of sp³-hybridized carbons (Fsp3) is 0.682. The number of anilines is 1. The van der Waals surface area contributed by atoms with Crippen LogP contribution >= 0.6 is 19.6 Å². The monoisotopic (exact) mass is 604 g/mol. The number of amides is 1. The molecule has 1 amide bonds. The van der Waals surface area contributed by atoms with E-state index in [9.17, 15) is 19.3 Å².